The van der Waals surface area contributed by atoms with Gasteiger partial charge in [-0.1, -0.05) is 35.6 Å². The third kappa shape index (κ3) is 3.39. The second kappa shape index (κ2) is 6.58. The number of nitrogens with one attached hydrogen (secondary N) is 1. The minimum absolute atomic E-state index is 0.244. The Hall–Kier alpha value is -2.45. The van der Waals surface area contributed by atoms with Crippen LogP contribution in [0.3, 0.4) is 0 Å². The van der Waals surface area contributed by atoms with Crippen LogP contribution in [-0.2, 0) is 6.54 Å². The number of halogens is 1. The van der Waals surface area contributed by atoms with Crippen LogP contribution in [0.15, 0.2) is 62.5 Å². The Morgan fingerprint density at radius 1 is 1.08 bits per heavy atom. The van der Waals surface area contributed by atoms with Gasteiger partial charge < -0.3 is 9.73 Å². The van der Waals surface area contributed by atoms with Gasteiger partial charge in [-0.05, 0) is 29.8 Å². The van der Waals surface area contributed by atoms with Gasteiger partial charge in [-0.25, -0.2) is 9.37 Å². The Morgan fingerprint density at radius 2 is 1.92 bits per heavy atom. The molecular weight excluding hydrogens is 347 g/mol. The highest BCUT2D eigenvalue weighted by molar-refractivity contribution is 8.00. The molecule has 0 fully saturated rings. The zero-order valence-corrected chi connectivity index (χ0v) is 13.9. The van der Waals surface area contributed by atoms with Gasteiger partial charge in [0.25, 0.3) is 5.22 Å². The molecular formula is C16H11FN4OS2. The lowest BCUT2D eigenvalue weighted by molar-refractivity contribution is 0.489. The summed E-state index contributed by atoms with van der Waals surface area (Å²) < 4.78 is 19.3. The second-order valence-corrected chi connectivity index (χ2v) is 7.08. The van der Waals surface area contributed by atoms with Crippen LogP contribution in [0.4, 0.5) is 9.52 Å². The molecule has 2 aromatic heterocycles. The van der Waals surface area contributed by atoms with Crippen molar-refractivity contribution >= 4 is 39.3 Å². The molecule has 0 aliphatic carbocycles. The second-order valence-electron chi connectivity index (χ2n) is 4.90. The largest absolute Gasteiger partial charge is 0.431 e. The van der Waals surface area contributed by atoms with Crippen molar-refractivity contribution < 1.29 is 8.81 Å². The maximum Gasteiger partial charge on any atom is 0.264 e. The molecule has 0 spiro atoms. The van der Waals surface area contributed by atoms with Crippen LogP contribution >= 0.6 is 23.1 Å². The van der Waals surface area contributed by atoms with Gasteiger partial charge in [-0.2, -0.15) is 0 Å². The Kier molecular flexibility index (Phi) is 4.14. The molecule has 2 heterocycles. The third-order valence-electron chi connectivity index (χ3n) is 3.21. The fourth-order valence-electron chi connectivity index (χ4n) is 2.07. The molecule has 4 rings (SSSR count). The molecule has 0 saturated heterocycles. The molecule has 24 heavy (non-hydrogen) atoms. The van der Waals surface area contributed by atoms with Gasteiger partial charge in [-0.15, -0.1) is 10.2 Å². The van der Waals surface area contributed by atoms with Crippen molar-refractivity contribution in [3.05, 3.63) is 59.9 Å². The first-order valence-electron chi connectivity index (χ1n) is 7.11. The standard InChI is InChI=1S/C16H11FN4OS2/c17-11-7-5-10(6-8-11)9-18-14-20-21-16(23-14)24-15-19-12-3-1-2-4-13(12)22-15/h1-8H,9H2,(H,18,20). The number of anilines is 1. The number of rotatable bonds is 5. The summed E-state index contributed by atoms with van der Waals surface area (Å²) in [7, 11) is 0. The number of fused-ring (bicyclic) bond motifs is 1. The van der Waals surface area contributed by atoms with Crippen molar-refractivity contribution in [3.8, 4) is 0 Å². The van der Waals surface area contributed by atoms with Crippen molar-refractivity contribution in [1.82, 2.24) is 15.2 Å². The van der Waals surface area contributed by atoms with Crippen LogP contribution < -0.4 is 5.32 Å². The van der Waals surface area contributed by atoms with E-state index < -0.39 is 0 Å². The zero-order chi connectivity index (χ0) is 16.4. The lowest BCUT2D eigenvalue weighted by Gasteiger charge is -2.01. The smallest absolute Gasteiger partial charge is 0.264 e. The number of aromatic nitrogens is 3. The Balaban J connectivity index is 1.41. The number of oxazole rings is 1. The van der Waals surface area contributed by atoms with Crippen LogP contribution in [0.5, 0.6) is 0 Å². The third-order valence-corrected chi connectivity index (χ3v) is 4.99. The minimum Gasteiger partial charge on any atom is -0.431 e. The normalized spacial score (nSPS) is 11.0. The van der Waals surface area contributed by atoms with Gasteiger partial charge >= 0.3 is 0 Å². The summed E-state index contributed by atoms with van der Waals surface area (Å²) in [6, 6.07) is 13.9. The lowest BCUT2D eigenvalue weighted by atomic mass is 10.2. The Labute approximate surface area is 144 Å². The molecule has 0 bridgehead atoms. The SMILES string of the molecule is Fc1ccc(CNc2nnc(Sc3nc4ccccc4o3)s2)cc1. The summed E-state index contributed by atoms with van der Waals surface area (Å²) in [5.41, 5.74) is 2.54. The van der Waals surface area contributed by atoms with Crippen molar-refractivity contribution in [2.75, 3.05) is 5.32 Å². The summed E-state index contributed by atoms with van der Waals surface area (Å²) in [4.78, 5) is 4.40. The summed E-state index contributed by atoms with van der Waals surface area (Å²) in [6.07, 6.45) is 0. The first-order valence-corrected chi connectivity index (χ1v) is 8.75. The van der Waals surface area contributed by atoms with E-state index in [0.717, 1.165) is 21.0 Å². The number of hydrogen-bond donors (Lipinski definition) is 1. The molecule has 120 valence electrons. The summed E-state index contributed by atoms with van der Waals surface area (Å²) in [5, 5.41) is 12.6. The van der Waals surface area contributed by atoms with Crippen LogP contribution in [0, 0.1) is 5.82 Å². The van der Waals surface area contributed by atoms with Crippen LogP contribution in [0.2, 0.25) is 0 Å². The molecule has 0 unspecified atom stereocenters. The molecule has 1 N–H and O–H groups in total. The minimum atomic E-state index is -0.244. The van der Waals surface area contributed by atoms with E-state index in [4.69, 9.17) is 4.42 Å². The Morgan fingerprint density at radius 3 is 2.75 bits per heavy atom. The van der Waals surface area contributed by atoms with E-state index >= 15 is 0 Å². The van der Waals surface area contributed by atoms with E-state index in [1.165, 1.54) is 35.2 Å². The van der Waals surface area contributed by atoms with E-state index in [-0.39, 0.29) is 5.82 Å². The quantitative estimate of drug-likeness (QED) is 0.563. The van der Waals surface area contributed by atoms with Gasteiger partial charge in [0.15, 0.2) is 9.92 Å². The van der Waals surface area contributed by atoms with E-state index in [1.54, 1.807) is 12.1 Å². The van der Waals surface area contributed by atoms with Crippen LogP contribution in [-0.4, -0.2) is 15.2 Å². The monoisotopic (exact) mass is 358 g/mol. The Bertz CT molecular complexity index is 935. The fraction of sp³-hybridized carbons (Fsp3) is 0.0625. The van der Waals surface area contributed by atoms with E-state index in [1.807, 2.05) is 24.3 Å². The topological polar surface area (TPSA) is 63.8 Å². The lowest BCUT2D eigenvalue weighted by Crippen LogP contribution is -1.98. The van der Waals surface area contributed by atoms with E-state index in [9.17, 15) is 4.39 Å². The predicted molar refractivity (Wildman–Crippen MR) is 91.8 cm³/mol. The van der Waals surface area contributed by atoms with Crippen molar-refractivity contribution in [3.63, 3.8) is 0 Å². The van der Waals surface area contributed by atoms with E-state index in [2.05, 4.69) is 20.5 Å². The predicted octanol–water partition coefficient (Wildman–Crippen LogP) is 4.58. The molecule has 0 atom stereocenters. The van der Waals surface area contributed by atoms with Gasteiger partial charge in [0, 0.05) is 18.3 Å². The average molecular weight is 358 g/mol. The first kappa shape index (κ1) is 15.1. The summed E-state index contributed by atoms with van der Waals surface area (Å²) in [6.45, 7) is 0.558. The molecule has 0 saturated carbocycles. The molecule has 8 heteroatoms. The number of hydrogen-bond acceptors (Lipinski definition) is 7. The van der Waals surface area contributed by atoms with Crippen LogP contribution in [0.25, 0.3) is 11.1 Å². The van der Waals surface area contributed by atoms with Crippen LogP contribution in [0.1, 0.15) is 5.56 Å². The molecule has 0 aliphatic rings. The molecule has 4 aromatic rings. The fourth-order valence-corrected chi connectivity index (χ4v) is 3.67. The highest BCUT2D eigenvalue weighted by Gasteiger charge is 2.11. The highest BCUT2D eigenvalue weighted by atomic mass is 32.2. The average Bonchev–Trinajstić information content (AvgIpc) is 3.20. The molecule has 0 radical (unpaired) electrons. The maximum atomic E-state index is 12.9. The summed E-state index contributed by atoms with van der Waals surface area (Å²) >= 11 is 2.75. The molecule has 5 nitrogen and oxygen atoms in total. The number of benzene rings is 2. The van der Waals surface area contributed by atoms with Crippen molar-refractivity contribution in [2.45, 2.75) is 16.1 Å². The maximum absolute atomic E-state index is 12.9. The molecule has 0 aliphatic heterocycles. The molecule has 2 aromatic carbocycles. The van der Waals surface area contributed by atoms with E-state index in [0.29, 0.717) is 16.9 Å². The highest BCUT2D eigenvalue weighted by Crippen LogP contribution is 2.33. The van der Waals surface area contributed by atoms with Gasteiger partial charge in [0.1, 0.15) is 11.3 Å². The molecule has 0 amide bonds. The number of para-hydroxylation sites is 2. The van der Waals surface area contributed by atoms with Crippen molar-refractivity contribution in [2.24, 2.45) is 0 Å². The zero-order valence-electron chi connectivity index (χ0n) is 12.3. The van der Waals surface area contributed by atoms with Crippen molar-refractivity contribution in [1.29, 1.82) is 0 Å². The summed E-state index contributed by atoms with van der Waals surface area (Å²) in [5.74, 6) is -0.244. The number of nitrogens with zero attached hydrogens (tertiary/aromatic N) is 3. The van der Waals surface area contributed by atoms with Gasteiger partial charge in [0.2, 0.25) is 5.13 Å². The first-order chi connectivity index (χ1) is 11.8. The van der Waals surface area contributed by atoms with Gasteiger partial charge in [0.05, 0.1) is 0 Å². The van der Waals surface area contributed by atoms with Gasteiger partial charge in [-0.3, -0.25) is 0 Å².